The van der Waals surface area contributed by atoms with Crippen molar-refractivity contribution in [2.75, 3.05) is 19.8 Å². The molecule has 2 aliphatic rings. The number of aliphatic hydroxyl groups is 1. The molecule has 6 nitrogen and oxygen atoms in total. The molecule has 1 saturated heterocycles. The molecule has 0 saturated carbocycles. The Morgan fingerprint density at radius 2 is 2.17 bits per heavy atom. The minimum Gasteiger partial charge on any atom is -0.393 e. The van der Waals surface area contributed by atoms with E-state index in [1.54, 1.807) is 11.8 Å². The van der Waals surface area contributed by atoms with Gasteiger partial charge in [0, 0.05) is 30.7 Å². The summed E-state index contributed by atoms with van der Waals surface area (Å²) in [5, 5.41) is 24.0. The molecule has 2 rings (SSSR count). The van der Waals surface area contributed by atoms with Crippen molar-refractivity contribution in [3.63, 3.8) is 0 Å². The van der Waals surface area contributed by atoms with Crippen molar-refractivity contribution >= 4 is 29.2 Å². The van der Waals surface area contributed by atoms with Crippen LogP contribution in [0.3, 0.4) is 0 Å². The summed E-state index contributed by atoms with van der Waals surface area (Å²) in [4.78, 5) is 19.8. The first-order valence-corrected chi connectivity index (χ1v) is 13.9. The fourth-order valence-electron chi connectivity index (χ4n) is 4.45. The molecule has 1 fully saturated rings. The Morgan fingerprint density at radius 1 is 1.40 bits per heavy atom. The highest BCUT2D eigenvalue weighted by molar-refractivity contribution is 8.03. The van der Waals surface area contributed by atoms with Crippen LogP contribution in [0.2, 0.25) is 0 Å². The molecule has 35 heavy (non-hydrogen) atoms. The molecule has 4 unspecified atom stereocenters. The first-order valence-electron chi connectivity index (χ1n) is 12.9. The molecule has 3 N–H and O–H groups in total. The number of rotatable bonds is 15. The number of fused-ring (bicyclic) bond motifs is 1. The van der Waals surface area contributed by atoms with E-state index in [0.29, 0.717) is 38.3 Å². The van der Waals surface area contributed by atoms with Gasteiger partial charge in [-0.15, -0.1) is 11.8 Å². The van der Waals surface area contributed by atoms with Gasteiger partial charge in [0.2, 0.25) is 5.91 Å². The Bertz CT molecular complexity index is 839. The molecule has 2 aliphatic heterocycles. The Labute approximate surface area is 214 Å². The zero-order valence-corrected chi connectivity index (χ0v) is 22.5. The molecule has 8 heteroatoms. The van der Waals surface area contributed by atoms with Gasteiger partial charge >= 0.3 is 0 Å². The molecule has 0 aromatic rings. The molecule has 0 spiro atoms. The molecule has 0 aliphatic carbocycles. The average molecular weight is 507 g/mol. The Kier molecular flexibility index (Phi) is 12.8. The van der Waals surface area contributed by atoms with Gasteiger partial charge in [-0.3, -0.25) is 9.79 Å². The molecule has 1 amide bonds. The van der Waals surface area contributed by atoms with Crippen LogP contribution in [-0.4, -0.2) is 64.6 Å². The van der Waals surface area contributed by atoms with Crippen LogP contribution >= 0.6 is 11.8 Å². The van der Waals surface area contributed by atoms with Crippen molar-refractivity contribution in [3.05, 3.63) is 34.9 Å². The zero-order chi connectivity index (χ0) is 25.8. The molecule has 0 aromatic carbocycles. The smallest absolute Gasteiger partial charge is 0.220 e. The quantitative estimate of drug-likeness (QED) is 0.259. The number of aliphatic imine (C=N–C) groups is 1. The van der Waals surface area contributed by atoms with Crippen LogP contribution in [0.1, 0.15) is 72.6 Å². The predicted octanol–water partition coefficient (Wildman–Crippen LogP) is 5.40. The number of hydrogen-bond acceptors (Lipinski definition) is 6. The van der Waals surface area contributed by atoms with Gasteiger partial charge in [-0.25, -0.2) is 4.39 Å². The predicted molar refractivity (Wildman–Crippen MR) is 146 cm³/mol. The number of alkyl halides is 1. The monoisotopic (exact) mass is 506 g/mol. The number of carbonyl (C=O) groups is 1. The molecule has 196 valence electrons. The number of nitrogens with zero attached hydrogens (tertiary/aromatic N) is 2. The van der Waals surface area contributed by atoms with E-state index < -0.39 is 12.8 Å². The van der Waals surface area contributed by atoms with Crippen molar-refractivity contribution < 1.29 is 14.3 Å². The number of unbranched alkanes of at least 4 members (excludes halogenated alkanes) is 1. The van der Waals surface area contributed by atoms with Crippen LogP contribution in [0.4, 0.5) is 4.39 Å². The van der Waals surface area contributed by atoms with Gasteiger partial charge in [-0.1, -0.05) is 52.2 Å². The molecule has 0 bridgehead atoms. The van der Waals surface area contributed by atoms with E-state index in [0.717, 1.165) is 42.8 Å². The normalized spacial score (nSPS) is 20.8. The first-order chi connectivity index (χ1) is 16.9. The molecular weight excluding hydrogens is 463 g/mol. The molecule has 0 aromatic heterocycles. The van der Waals surface area contributed by atoms with Gasteiger partial charge in [0.05, 0.1) is 29.7 Å². The maximum atomic E-state index is 12.7. The summed E-state index contributed by atoms with van der Waals surface area (Å²) in [5.41, 5.74) is 2.08. The summed E-state index contributed by atoms with van der Waals surface area (Å²) in [6.07, 6.45) is 9.58. The fourth-order valence-corrected chi connectivity index (χ4v) is 5.56. The SMILES string of the molecule is C/C=C\SC(C1=NCC(C(=N)/C=C\CF)=C2CC(NC(=O)CCC(O)CCCC)CN12)C(C)CC. The summed E-state index contributed by atoms with van der Waals surface area (Å²) < 4.78 is 12.7. The number of carbonyl (C=O) groups excluding carboxylic acids is 1. The fraction of sp³-hybridized carbons (Fsp3) is 0.667. The number of hydrogen-bond donors (Lipinski definition) is 3. The van der Waals surface area contributed by atoms with E-state index in [9.17, 15) is 14.3 Å². The van der Waals surface area contributed by atoms with Gasteiger partial charge in [-0.05, 0) is 37.2 Å². The van der Waals surface area contributed by atoms with Crippen molar-refractivity contribution in [3.8, 4) is 0 Å². The topological polar surface area (TPSA) is 88.8 Å². The Balaban J connectivity index is 2.21. The maximum Gasteiger partial charge on any atom is 0.220 e. The van der Waals surface area contributed by atoms with E-state index in [2.05, 4.69) is 36.4 Å². The number of amidine groups is 1. The Hall–Kier alpha value is -1.93. The number of halogens is 1. The van der Waals surface area contributed by atoms with E-state index in [1.165, 1.54) is 12.2 Å². The number of nitrogens with one attached hydrogen (secondary N) is 2. The molecule has 2 heterocycles. The van der Waals surface area contributed by atoms with Gasteiger partial charge in [0.1, 0.15) is 12.5 Å². The highest BCUT2D eigenvalue weighted by Gasteiger charge is 2.39. The third-order valence-electron chi connectivity index (χ3n) is 6.63. The first kappa shape index (κ1) is 29.3. The van der Waals surface area contributed by atoms with Crippen molar-refractivity contribution in [1.29, 1.82) is 5.41 Å². The minimum absolute atomic E-state index is 0.0554. The molecular formula is C27H43FN4O2S. The maximum absolute atomic E-state index is 12.7. The summed E-state index contributed by atoms with van der Waals surface area (Å²) >= 11 is 1.76. The summed E-state index contributed by atoms with van der Waals surface area (Å²) in [7, 11) is 0. The number of aliphatic hydroxyl groups excluding tert-OH is 1. The average Bonchev–Trinajstić information content (AvgIpc) is 3.28. The van der Waals surface area contributed by atoms with E-state index in [4.69, 9.17) is 10.4 Å². The second-order valence-electron chi connectivity index (χ2n) is 9.40. The Morgan fingerprint density at radius 3 is 2.83 bits per heavy atom. The van der Waals surface area contributed by atoms with Crippen LogP contribution in [0.15, 0.2) is 39.9 Å². The third kappa shape index (κ3) is 8.60. The van der Waals surface area contributed by atoms with Crippen LogP contribution in [0.5, 0.6) is 0 Å². The van der Waals surface area contributed by atoms with E-state index >= 15 is 0 Å². The molecule has 4 atom stereocenters. The van der Waals surface area contributed by atoms with Crippen LogP contribution < -0.4 is 5.32 Å². The van der Waals surface area contributed by atoms with E-state index in [1.807, 2.05) is 13.0 Å². The minimum atomic E-state index is -0.609. The van der Waals surface area contributed by atoms with Gasteiger partial charge < -0.3 is 20.7 Å². The van der Waals surface area contributed by atoms with Crippen LogP contribution in [0.25, 0.3) is 0 Å². The lowest BCUT2D eigenvalue weighted by molar-refractivity contribution is -0.122. The number of amides is 1. The lowest BCUT2D eigenvalue weighted by atomic mass is 10.00. The third-order valence-corrected chi connectivity index (χ3v) is 8.03. The van der Waals surface area contributed by atoms with Crippen LogP contribution in [-0.2, 0) is 4.79 Å². The largest absolute Gasteiger partial charge is 0.393 e. The zero-order valence-electron chi connectivity index (χ0n) is 21.7. The second-order valence-corrected chi connectivity index (χ2v) is 10.4. The highest BCUT2D eigenvalue weighted by Crippen LogP contribution is 2.35. The van der Waals surface area contributed by atoms with Crippen molar-refractivity contribution in [2.24, 2.45) is 10.9 Å². The van der Waals surface area contributed by atoms with Gasteiger partial charge in [-0.2, -0.15) is 0 Å². The summed E-state index contributed by atoms with van der Waals surface area (Å²) in [5.74, 6) is 1.34. The van der Waals surface area contributed by atoms with Crippen molar-refractivity contribution in [2.45, 2.75) is 90.0 Å². The summed E-state index contributed by atoms with van der Waals surface area (Å²) in [6.45, 7) is 8.89. The lowest BCUT2D eigenvalue weighted by Gasteiger charge is -2.34. The van der Waals surface area contributed by atoms with Gasteiger partial charge in [0.25, 0.3) is 0 Å². The van der Waals surface area contributed by atoms with Gasteiger partial charge in [0.15, 0.2) is 0 Å². The number of thioether (sulfide) groups is 1. The molecule has 0 radical (unpaired) electrons. The summed E-state index contributed by atoms with van der Waals surface area (Å²) in [6, 6.07) is -0.0918. The standard InChI is InChI=1S/C27H43FN4O2S/c1-5-8-10-21(33)12-13-25(34)31-20-16-24-22(23(29)11-9-14-28)17-30-27(32(24)18-20)26(19(4)7-3)35-15-6-2/h6,9,11,15,19-21,26,29,33H,5,7-8,10,12-14,16-18H2,1-4H3,(H,31,34)/b11-9-,15-6-,29-23?. The second kappa shape index (κ2) is 15.2. The van der Waals surface area contributed by atoms with E-state index in [-0.39, 0.29) is 22.9 Å². The highest BCUT2D eigenvalue weighted by atomic mass is 32.2. The van der Waals surface area contributed by atoms with Crippen LogP contribution in [0, 0.1) is 11.3 Å². The number of allylic oxidation sites excluding steroid dienone is 3. The lowest BCUT2D eigenvalue weighted by Crippen LogP contribution is -2.44. The van der Waals surface area contributed by atoms with Crippen molar-refractivity contribution in [1.82, 2.24) is 10.2 Å².